The molecule has 1 rings (SSSR count). The first-order chi connectivity index (χ1) is 9.34. The van der Waals surface area contributed by atoms with Crippen LogP contribution in [0.25, 0.3) is 0 Å². The molecule has 0 aliphatic carbocycles. The van der Waals surface area contributed by atoms with Gasteiger partial charge in [0, 0.05) is 10.8 Å². The van der Waals surface area contributed by atoms with Crippen molar-refractivity contribution in [1.82, 2.24) is 0 Å². The lowest BCUT2D eigenvalue weighted by atomic mass is 10.1. The van der Waals surface area contributed by atoms with E-state index in [4.69, 9.17) is 21.6 Å². The van der Waals surface area contributed by atoms with Crippen LogP contribution in [0.1, 0.15) is 28.4 Å². The second kappa shape index (κ2) is 6.86. The summed E-state index contributed by atoms with van der Waals surface area (Å²) in [4.78, 5) is 11.3. The number of thioether (sulfide) groups is 1. The number of carbonyl (C=O) groups excluding carboxylic acids is 1. The maximum absolute atomic E-state index is 12.6. The first kappa shape index (κ1) is 16.7. The van der Waals surface area contributed by atoms with Crippen molar-refractivity contribution in [3.63, 3.8) is 0 Å². The van der Waals surface area contributed by atoms with E-state index in [-0.39, 0.29) is 34.1 Å². The van der Waals surface area contributed by atoms with Crippen molar-refractivity contribution >= 4 is 29.3 Å². The molecule has 0 atom stereocenters. The Balaban J connectivity index is 3.44. The second-order valence-corrected chi connectivity index (χ2v) is 4.82. The van der Waals surface area contributed by atoms with Gasteiger partial charge in [-0.2, -0.15) is 18.4 Å². The van der Waals surface area contributed by atoms with Crippen molar-refractivity contribution in [1.29, 1.82) is 5.26 Å². The van der Waals surface area contributed by atoms with Gasteiger partial charge in [-0.15, -0.1) is 11.6 Å². The summed E-state index contributed by atoms with van der Waals surface area (Å²) in [6.07, 6.45) is 0. The molecule has 0 aliphatic rings. The average molecular weight is 324 g/mol. The molecule has 3 nitrogen and oxygen atoms in total. The Morgan fingerprint density at radius 2 is 2.15 bits per heavy atom. The van der Waals surface area contributed by atoms with Gasteiger partial charge in [0.25, 0.3) is 0 Å². The van der Waals surface area contributed by atoms with E-state index in [1.54, 1.807) is 13.0 Å². The molecule has 0 unspecified atom stereocenters. The van der Waals surface area contributed by atoms with Crippen LogP contribution in [-0.2, 0) is 10.6 Å². The smallest absolute Gasteiger partial charge is 0.446 e. The lowest BCUT2D eigenvalue weighted by molar-refractivity contribution is -0.0328. The second-order valence-electron chi connectivity index (χ2n) is 3.48. The van der Waals surface area contributed by atoms with Gasteiger partial charge >= 0.3 is 11.5 Å². The molecule has 0 aliphatic heterocycles. The zero-order chi connectivity index (χ0) is 15.3. The normalized spacial score (nSPS) is 11.0. The molecule has 0 saturated heterocycles. The first-order valence-electron chi connectivity index (χ1n) is 5.38. The number of alkyl halides is 4. The zero-order valence-corrected chi connectivity index (χ0v) is 11.8. The number of carbonyl (C=O) groups is 1. The summed E-state index contributed by atoms with van der Waals surface area (Å²) < 4.78 is 42.5. The zero-order valence-electron chi connectivity index (χ0n) is 10.3. The molecule has 108 valence electrons. The Bertz CT molecular complexity index is 555. The maximum Gasteiger partial charge on any atom is 0.446 e. The third kappa shape index (κ3) is 4.05. The number of esters is 1. The molecule has 0 radical (unpaired) electrons. The maximum atomic E-state index is 12.6. The third-order valence-corrected chi connectivity index (χ3v) is 3.40. The predicted molar refractivity (Wildman–Crippen MR) is 68.6 cm³/mol. The van der Waals surface area contributed by atoms with Crippen molar-refractivity contribution in [2.45, 2.75) is 23.2 Å². The van der Waals surface area contributed by atoms with E-state index in [0.29, 0.717) is 0 Å². The van der Waals surface area contributed by atoms with Crippen LogP contribution in [-0.4, -0.2) is 18.1 Å². The van der Waals surface area contributed by atoms with Crippen molar-refractivity contribution in [2.75, 3.05) is 6.61 Å². The van der Waals surface area contributed by atoms with Crippen LogP contribution >= 0.6 is 23.4 Å². The van der Waals surface area contributed by atoms with Gasteiger partial charge in [-0.05, 0) is 36.4 Å². The highest BCUT2D eigenvalue weighted by atomic mass is 35.5. The monoisotopic (exact) mass is 323 g/mol. The minimum atomic E-state index is -4.60. The predicted octanol–water partition coefficient (Wildman–Crippen LogP) is 4.09. The van der Waals surface area contributed by atoms with Gasteiger partial charge in [-0.25, -0.2) is 4.79 Å². The highest BCUT2D eigenvalue weighted by Crippen LogP contribution is 2.42. The summed E-state index contributed by atoms with van der Waals surface area (Å²) in [6.45, 7) is 1.58. The van der Waals surface area contributed by atoms with E-state index in [9.17, 15) is 18.0 Å². The molecule has 0 heterocycles. The molecule has 0 N–H and O–H groups in total. The molecule has 1 aromatic rings. The summed E-state index contributed by atoms with van der Waals surface area (Å²) in [5, 5.41) is 8.89. The molecule has 20 heavy (non-hydrogen) atoms. The summed E-state index contributed by atoms with van der Waals surface area (Å²) in [6, 6.07) is 4.15. The van der Waals surface area contributed by atoms with Gasteiger partial charge in [0.1, 0.15) is 0 Å². The molecule has 1 aromatic carbocycles. The number of rotatable bonds is 4. The van der Waals surface area contributed by atoms with Crippen LogP contribution in [0.5, 0.6) is 0 Å². The Hall–Kier alpha value is -1.39. The van der Waals surface area contributed by atoms with Crippen LogP contribution in [0.15, 0.2) is 17.0 Å². The fourth-order valence-corrected chi connectivity index (χ4v) is 2.62. The minimum absolute atomic E-state index is 0.000187. The fourth-order valence-electron chi connectivity index (χ4n) is 1.47. The van der Waals surface area contributed by atoms with E-state index in [1.807, 2.05) is 0 Å². The molecule has 8 heteroatoms. The SMILES string of the molecule is CCOC(=O)c1ccc(C#N)c(CCl)c1SC(F)(F)F. The lowest BCUT2D eigenvalue weighted by Crippen LogP contribution is -2.11. The minimum Gasteiger partial charge on any atom is -0.462 e. The van der Waals surface area contributed by atoms with E-state index in [2.05, 4.69) is 0 Å². The van der Waals surface area contributed by atoms with Gasteiger partial charge in [0.15, 0.2) is 0 Å². The number of hydrogen-bond donors (Lipinski definition) is 0. The lowest BCUT2D eigenvalue weighted by Gasteiger charge is -2.14. The molecule has 0 amide bonds. The van der Waals surface area contributed by atoms with Crippen molar-refractivity contribution in [3.05, 3.63) is 28.8 Å². The molecule has 0 saturated carbocycles. The van der Waals surface area contributed by atoms with Gasteiger partial charge in [-0.3, -0.25) is 0 Å². The third-order valence-electron chi connectivity index (χ3n) is 2.23. The van der Waals surface area contributed by atoms with Gasteiger partial charge in [-0.1, -0.05) is 0 Å². The Kier molecular flexibility index (Phi) is 5.72. The van der Waals surface area contributed by atoms with Crippen LogP contribution in [0.3, 0.4) is 0 Å². The molecule has 0 spiro atoms. The number of ether oxygens (including phenoxy) is 1. The number of nitrogens with zero attached hydrogens (tertiary/aromatic N) is 1. The van der Waals surface area contributed by atoms with E-state index >= 15 is 0 Å². The van der Waals surface area contributed by atoms with E-state index in [1.165, 1.54) is 6.07 Å². The van der Waals surface area contributed by atoms with Crippen LogP contribution in [0.2, 0.25) is 0 Å². The highest BCUT2D eigenvalue weighted by molar-refractivity contribution is 8.00. The van der Waals surface area contributed by atoms with E-state index in [0.717, 1.165) is 6.07 Å². The van der Waals surface area contributed by atoms with E-state index < -0.39 is 23.2 Å². The van der Waals surface area contributed by atoms with Crippen LogP contribution in [0.4, 0.5) is 13.2 Å². The number of halogens is 4. The number of benzene rings is 1. The first-order valence-corrected chi connectivity index (χ1v) is 6.74. The standard InChI is InChI=1S/C12H9ClF3NO2S/c1-2-19-11(18)8-4-3-7(6-17)9(5-13)10(8)20-12(14,15)16/h3-4H,2,5H2,1H3. The van der Waals surface area contributed by atoms with Crippen molar-refractivity contribution in [2.24, 2.45) is 0 Å². The molecule has 0 aromatic heterocycles. The number of nitriles is 1. The summed E-state index contributed by atoms with van der Waals surface area (Å²) >= 11 is 5.14. The summed E-state index contributed by atoms with van der Waals surface area (Å²) in [5.74, 6) is -1.19. The Morgan fingerprint density at radius 1 is 1.50 bits per heavy atom. The molecular weight excluding hydrogens is 315 g/mol. The summed E-state index contributed by atoms with van der Waals surface area (Å²) in [5.41, 5.74) is -4.87. The molecule has 0 bridgehead atoms. The van der Waals surface area contributed by atoms with Crippen LogP contribution in [0, 0.1) is 11.3 Å². The van der Waals surface area contributed by atoms with Crippen molar-refractivity contribution < 1.29 is 22.7 Å². The van der Waals surface area contributed by atoms with Gasteiger partial charge in [0.05, 0.1) is 23.8 Å². The van der Waals surface area contributed by atoms with Crippen molar-refractivity contribution in [3.8, 4) is 6.07 Å². The largest absolute Gasteiger partial charge is 0.462 e. The summed E-state index contributed by atoms with van der Waals surface area (Å²) in [7, 11) is 0. The molecular formula is C12H9ClF3NO2S. The average Bonchev–Trinajstić information content (AvgIpc) is 2.36. The van der Waals surface area contributed by atoms with Crippen LogP contribution < -0.4 is 0 Å². The Morgan fingerprint density at radius 3 is 2.60 bits per heavy atom. The number of hydrogen-bond acceptors (Lipinski definition) is 4. The topological polar surface area (TPSA) is 50.1 Å². The Labute approximate surface area is 122 Å². The molecule has 0 fully saturated rings. The fraction of sp³-hybridized carbons (Fsp3) is 0.333. The van der Waals surface area contributed by atoms with Gasteiger partial charge in [0.2, 0.25) is 0 Å². The van der Waals surface area contributed by atoms with Gasteiger partial charge < -0.3 is 4.74 Å². The highest BCUT2D eigenvalue weighted by Gasteiger charge is 2.33. The quantitative estimate of drug-likeness (QED) is 0.476.